The highest BCUT2D eigenvalue weighted by Gasteiger charge is 2.32. The molecule has 0 spiro atoms. The third-order valence-electron chi connectivity index (χ3n) is 4.82. The normalized spacial score (nSPS) is 23.6. The summed E-state index contributed by atoms with van der Waals surface area (Å²) < 4.78 is 0. The van der Waals surface area contributed by atoms with Crippen molar-refractivity contribution < 1.29 is 4.79 Å². The summed E-state index contributed by atoms with van der Waals surface area (Å²) in [5, 5.41) is 10.0. The topological polar surface area (TPSA) is 57.8 Å². The molecule has 1 heterocycles. The van der Waals surface area contributed by atoms with E-state index in [-0.39, 0.29) is 11.8 Å². The van der Waals surface area contributed by atoms with E-state index in [0.717, 1.165) is 42.9 Å². The van der Waals surface area contributed by atoms with Gasteiger partial charge in [-0.25, -0.2) is 0 Å². The maximum absolute atomic E-state index is 12.3. The van der Waals surface area contributed by atoms with Crippen molar-refractivity contribution in [3.05, 3.63) is 11.3 Å². The van der Waals surface area contributed by atoms with Crippen molar-refractivity contribution in [1.82, 2.24) is 10.2 Å². The van der Waals surface area contributed by atoms with E-state index in [9.17, 15) is 4.79 Å². The molecule has 2 N–H and O–H groups in total. The summed E-state index contributed by atoms with van der Waals surface area (Å²) >= 11 is 0. The van der Waals surface area contributed by atoms with Gasteiger partial charge in [0.1, 0.15) is 0 Å². The number of aromatic amines is 1. The van der Waals surface area contributed by atoms with E-state index in [1.54, 1.807) is 0 Å². The fourth-order valence-corrected chi connectivity index (χ4v) is 3.05. The monoisotopic (exact) mass is 277 g/mol. The molecule has 1 aromatic heterocycles. The third-order valence-corrected chi connectivity index (χ3v) is 4.82. The van der Waals surface area contributed by atoms with E-state index in [1.165, 1.54) is 0 Å². The number of nitrogens with one attached hydrogen (secondary N) is 2. The van der Waals surface area contributed by atoms with E-state index in [0.29, 0.717) is 11.2 Å². The Morgan fingerprint density at radius 2 is 1.80 bits per heavy atom. The van der Waals surface area contributed by atoms with Crippen LogP contribution < -0.4 is 5.32 Å². The number of hydrogen-bond donors (Lipinski definition) is 2. The number of aromatic nitrogens is 2. The van der Waals surface area contributed by atoms with Gasteiger partial charge in [0.05, 0.1) is 0 Å². The first-order chi connectivity index (χ1) is 9.29. The van der Waals surface area contributed by atoms with Crippen molar-refractivity contribution in [2.45, 2.75) is 60.3 Å². The van der Waals surface area contributed by atoms with Crippen molar-refractivity contribution in [1.29, 1.82) is 0 Å². The Kier molecular flexibility index (Phi) is 4.21. The largest absolute Gasteiger partial charge is 0.309 e. The maximum atomic E-state index is 12.3. The second-order valence-electron chi connectivity index (χ2n) is 7.23. The molecule has 1 aromatic rings. The van der Waals surface area contributed by atoms with E-state index in [2.05, 4.69) is 36.3 Å². The summed E-state index contributed by atoms with van der Waals surface area (Å²) in [5.41, 5.74) is 2.40. The van der Waals surface area contributed by atoms with Crippen LogP contribution in [0.25, 0.3) is 0 Å². The number of carbonyl (C=O) groups excluding carboxylic acids is 1. The average Bonchev–Trinajstić information content (AvgIpc) is 2.70. The van der Waals surface area contributed by atoms with Gasteiger partial charge >= 0.3 is 0 Å². The zero-order chi connectivity index (χ0) is 14.9. The van der Waals surface area contributed by atoms with Crippen LogP contribution in [0.5, 0.6) is 0 Å². The molecule has 4 heteroatoms. The quantitative estimate of drug-likeness (QED) is 0.863. The molecule has 0 atom stereocenters. The lowest BCUT2D eigenvalue weighted by atomic mass is 9.69. The molecule has 0 aromatic carbocycles. The number of H-pyrrole nitrogens is 1. The van der Waals surface area contributed by atoms with Crippen molar-refractivity contribution in [2.75, 3.05) is 5.32 Å². The summed E-state index contributed by atoms with van der Waals surface area (Å²) in [4.78, 5) is 12.3. The molecule has 0 radical (unpaired) electrons. The van der Waals surface area contributed by atoms with E-state index in [4.69, 9.17) is 0 Å². The Morgan fingerprint density at radius 3 is 2.25 bits per heavy atom. The molecule has 0 aliphatic heterocycles. The van der Waals surface area contributed by atoms with E-state index in [1.807, 2.05) is 13.8 Å². The number of carbonyl (C=O) groups is 1. The van der Waals surface area contributed by atoms with Crippen LogP contribution in [0.3, 0.4) is 0 Å². The minimum atomic E-state index is 0.131. The van der Waals surface area contributed by atoms with E-state index < -0.39 is 0 Å². The molecular weight excluding hydrogens is 250 g/mol. The van der Waals surface area contributed by atoms with Gasteiger partial charge in [0.15, 0.2) is 5.82 Å². The third kappa shape index (κ3) is 3.22. The molecule has 1 amide bonds. The number of hydrogen-bond acceptors (Lipinski definition) is 2. The Bertz CT molecular complexity index is 476. The van der Waals surface area contributed by atoms with Gasteiger partial charge in [0.25, 0.3) is 0 Å². The van der Waals surface area contributed by atoms with Crippen LogP contribution in [0, 0.1) is 31.1 Å². The molecule has 20 heavy (non-hydrogen) atoms. The minimum absolute atomic E-state index is 0.131. The summed E-state index contributed by atoms with van der Waals surface area (Å²) in [5.74, 6) is 1.70. The summed E-state index contributed by atoms with van der Waals surface area (Å²) in [6.45, 7) is 10.8. The number of aryl methyl sites for hydroxylation is 1. The summed E-state index contributed by atoms with van der Waals surface area (Å²) in [6, 6.07) is 0. The molecule has 4 nitrogen and oxygen atoms in total. The Morgan fingerprint density at radius 1 is 1.20 bits per heavy atom. The summed E-state index contributed by atoms with van der Waals surface area (Å²) in [7, 11) is 0. The number of amides is 1. The highest BCUT2D eigenvalue weighted by atomic mass is 16.2. The Labute approximate surface area is 121 Å². The molecule has 1 aliphatic rings. The van der Waals surface area contributed by atoms with Gasteiger partial charge in [-0.05, 0) is 50.9 Å². The fraction of sp³-hybridized carbons (Fsp3) is 0.750. The number of nitrogens with zero attached hydrogens (tertiary/aromatic N) is 1. The van der Waals surface area contributed by atoms with Crippen molar-refractivity contribution in [2.24, 2.45) is 17.3 Å². The first-order valence-corrected chi connectivity index (χ1v) is 7.61. The molecule has 2 rings (SSSR count). The maximum Gasteiger partial charge on any atom is 0.228 e. The highest BCUT2D eigenvalue weighted by Crippen LogP contribution is 2.40. The predicted octanol–water partition coefficient (Wildman–Crippen LogP) is 3.82. The smallest absolute Gasteiger partial charge is 0.228 e. The molecule has 0 bridgehead atoms. The summed E-state index contributed by atoms with van der Waals surface area (Å²) in [6.07, 6.45) is 4.30. The van der Waals surface area contributed by atoms with Crippen LogP contribution in [0.2, 0.25) is 0 Å². The standard InChI is InChI=1S/C16H27N3O/c1-10-11(2)18-19-14(10)17-15(20)12-6-8-13(9-7-12)16(3,4)5/h12-13H,6-9H2,1-5H3,(H2,17,18,19,20). The van der Waals surface area contributed by atoms with Crippen LogP contribution in [0.15, 0.2) is 0 Å². The molecule has 1 fully saturated rings. The molecule has 1 aliphatic carbocycles. The van der Waals surface area contributed by atoms with Crippen LogP contribution in [-0.2, 0) is 4.79 Å². The average molecular weight is 277 g/mol. The lowest BCUT2D eigenvalue weighted by molar-refractivity contribution is -0.121. The molecule has 0 saturated heterocycles. The minimum Gasteiger partial charge on any atom is -0.309 e. The number of rotatable bonds is 2. The fourth-order valence-electron chi connectivity index (χ4n) is 3.05. The molecule has 112 valence electrons. The van der Waals surface area contributed by atoms with Crippen LogP contribution in [0.4, 0.5) is 5.82 Å². The van der Waals surface area contributed by atoms with Gasteiger partial charge in [-0.2, -0.15) is 5.10 Å². The zero-order valence-corrected chi connectivity index (χ0v) is 13.3. The second-order valence-corrected chi connectivity index (χ2v) is 7.23. The lowest BCUT2D eigenvalue weighted by Crippen LogP contribution is -2.31. The zero-order valence-electron chi connectivity index (χ0n) is 13.3. The van der Waals surface area contributed by atoms with Crippen molar-refractivity contribution in [3.63, 3.8) is 0 Å². The second kappa shape index (κ2) is 5.58. The Hall–Kier alpha value is -1.32. The molecule has 1 saturated carbocycles. The van der Waals surface area contributed by atoms with Crippen LogP contribution >= 0.6 is 0 Å². The predicted molar refractivity (Wildman–Crippen MR) is 81.6 cm³/mol. The van der Waals surface area contributed by atoms with Crippen LogP contribution in [-0.4, -0.2) is 16.1 Å². The van der Waals surface area contributed by atoms with Gasteiger partial charge in [0, 0.05) is 17.2 Å². The van der Waals surface area contributed by atoms with Crippen LogP contribution in [0.1, 0.15) is 57.7 Å². The van der Waals surface area contributed by atoms with Crippen molar-refractivity contribution >= 4 is 11.7 Å². The first-order valence-electron chi connectivity index (χ1n) is 7.61. The van der Waals surface area contributed by atoms with Gasteiger partial charge in [-0.3, -0.25) is 9.89 Å². The lowest BCUT2D eigenvalue weighted by Gasteiger charge is -2.36. The van der Waals surface area contributed by atoms with Gasteiger partial charge < -0.3 is 5.32 Å². The highest BCUT2D eigenvalue weighted by molar-refractivity contribution is 5.92. The first kappa shape index (κ1) is 15.1. The van der Waals surface area contributed by atoms with Gasteiger partial charge in [0.2, 0.25) is 5.91 Å². The molecule has 0 unspecified atom stereocenters. The molecular formula is C16H27N3O. The van der Waals surface area contributed by atoms with E-state index >= 15 is 0 Å². The van der Waals surface area contributed by atoms with Gasteiger partial charge in [-0.1, -0.05) is 20.8 Å². The SMILES string of the molecule is Cc1[nH]nc(NC(=O)C2CCC(C(C)(C)C)CC2)c1C. The Balaban J connectivity index is 1.91. The van der Waals surface area contributed by atoms with Crippen molar-refractivity contribution in [3.8, 4) is 0 Å². The number of anilines is 1. The van der Waals surface area contributed by atoms with Gasteiger partial charge in [-0.15, -0.1) is 0 Å².